The highest BCUT2D eigenvalue weighted by Gasteiger charge is 2.17. The molecule has 0 bridgehead atoms. The molecule has 8 nitrogen and oxygen atoms in total. The zero-order valence-electron chi connectivity index (χ0n) is 20.0. The van der Waals surface area contributed by atoms with Crippen LogP contribution in [-0.2, 0) is 16.4 Å². The van der Waals surface area contributed by atoms with E-state index in [2.05, 4.69) is 9.97 Å². The molecule has 38 heavy (non-hydrogen) atoms. The minimum atomic E-state index is -3.61. The van der Waals surface area contributed by atoms with Gasteiger partial charge in [-0.05, 0) is 53.6 Å². The number of para-hydroxylation sites is 2. The highest BCUT2D eigenvalue weighted by Crippen LogP contribution is 2.24. The zero-order chi connectivity index (χ0) is 26.5. The molecule has 1 aromatic heterocycles. The maximum absolute atomic E-state index is 12.8. The van der Waals surface area contributed by atoms with Gasteiger partial charge in [-0.25, -0.2) is 18.4 Å². The van der Waals surface area contributed by atoms with Crippen molar-refractivity contribution in [2.45, 2.75) is 16.4 Å². The fourth-order valence-electron chi connectivity index (χ4n) is 3.78. The second kappa shape index (κ2) is 10.6. The Morgan fingerprint density at radius 1 is 0.763 bits per heavy atom. The Hall–Kier alpha value is -4.89. The van der Waals surface area contributed by atoms with Crippen molar-refractivity contribution in [3.63, 3.8) is 0 Å². The number of hydrogen-bond donors (Lipinski definition) is 0. The lowest BCUT2D eigenvalue weighted by Crippen LogP contribution is -2.04. The number of hydrogen-bond acceptors (Lipinski definition) is 7. The Labute approximate surface area is 219 Å². The van der Waals surface area contributed by atoms with Gasteiger partial charge in [0, 0.05) is 12.1 Å². The molecule has 0 saturated carbocycles. The predicted molar refractivity (Wildman–Crippen MR) is 144 cm³/mol. The van der Waals surface area contributed by atoms with Crippen LogP contribution in [0.25, 0.3) is 23.2 Å². The summed E-state index contributed by atoms with van der Waals surface area (Å²) in [5.74, 6) is 0.284. The maximum atomic E-state index is 12.8. The molecule has 0 aliphatic carbocycles. The van der Waals surface area contributed by atoms with E-state index in [0.717, 1.165) is 5.56 Å². The zero-order valence-corrected chi connectivity index (χ0v) is 20.8. The Bertz CT molecular complexity index is 1750. The monoisotopic (exact) mass is 523 g/mol. The minimum absolute atomic E-state index is 0.00838. The van der Waals surface area contributed by atoms with Crippen LogP contribution in [-0.4, -0.2) is 23.3 Å². The number of ether oxygens (including phenoxy) is 1. The first-order valence-corrected chi connectivity index (χ1v) is 13.1. The second-order valence-corrected chi connectivity index (χ2v) is 10.3. The normalized spacial score (nSPS) is 11.6. The van der Waals surface area contributed by atoms with Crippen molar-refractivity contribution in [1.29, 1.82) is 0 Å². The van der Waals surface area contributed by atoms with E-state index in [1.165, 1.54) is 12.1 Å². The van der Waals surface area contributed by atoms with Gasteiger partial charge in [0.05, 0.1) is 25.7 Å². The molecule has 0 atom stereocenters. The van der Waals surface area contributed by atoms with E-state index in [0.29, 0.717) is 22.3 Å². The molecule has 1 heterocycles. The number of nitro benzene ring substituents is 1. The Morgan fingerprint density at radius 3 is 2.13 bits per heavy atom. The van der Waals surface area contributed by atoms with E-state index in [9.17, 15) is 18.5 Å². The molecule has 0 unspecified atom stereocenters. The number of nitrogens with zero attached hydrogens (tertiary/aromatic N) is 3. The van der Waals surface area contributed by atoms with E-state index in [1.54, 1.807) is 78.9 Å². The van der Waals surface area contributed by atoms with Gasteiger partial charge in [-0.3, -0.25) is 10.1 Å². The second-order valence-electron chi connectivity index (χ2n) is 8.34. The first-order valence-electron chi connectivity index (χ1n) is 11.6. The molecule has 5 rings (SSSR count). The van der Waals surface area contributed by atoms with Crippen LogP contribution < -0.4 is 4.74 Å². The smallest absolute Gasteiger partial charge is 0.270 e. The first-order chi connectivity index (χ1) is 18.4. The SMILES string of the molecule is O=[N+]([O-])c1cccc(C=Cc2nc3ccccc3nc2OCc2ccc(S(=O)(=O)c3ccccc3)cc2)c1. The fraction of sp³-hybridized carbons (Fsp3) is 0.0345. The van der Waals surface area contributed by atoms with Crippen molar-refractivity contribution in [3.8, 4) is 5.88 Å². The van der Waals surface area contributed by atoms with E-state index in [4.69, 9.17) is 4.74 Å². The third kappa shape index (κ3) is 5.42. The highest BCUT2D eigenvalue weighted by atomic mass is 32.2. The average Bonchev–Trinajstić information content (AvgIpc) is 2.95. The van der Waals surface area contributed by atoms with Crippen LogP contribution in [0.4, 0.5) is 5.69 Å². The summed E-state index contributed by atoms with van der Waals surface area (Å²) in [5.41, 5.74) is 3.16. The van der Waals surface area contributed by atoms with Crippen LogP contribution in [0.1, 0.15) is 16.8 Å². The first kappa shape index (κ1) is 24.8. The Morgan fingerprint density at radius 2 is 1.42 bits per heavy atom. The molecule has 0 spiro atoms. The number of benzene rings is 4. The third-order valence-electron chi connectivity index (χ3n) is 5.74. The third-order valence-corrected chi connectivity index (χ3v) is 7.53. The lowest BCUT2D eigenvalue weighted by atomic mass is 10.1. The number of sulfone groups is 1. The summed E-state index contributed by atoms with van der Waals surface area (Å²) in [6, 6.07) is 28.4. The molecule has 4 aromatic carbocycles. The van der Waals surface area contributed by atoms with Crippen molar-refractivity contribution >= 4 is 38.7 Å². The molecule has 0 amide bonds. The molecular weight excluding hydrogens is 502 g/mol. The van der Waals surface area contributed by atoms with Gasteiger partial charge in [0.2, 0.25) is 15.7 Å². The van der Waals surface area contributed by atoms with Crippen molar-refractivity contribution in [3.05, 3.63) is 130 Å². The largest absolute Gasteiger partial charge is 0.471 e. The van der Waals surface area contributed by atoms with Crippen LogP contribution in [0.3, 0.4) is 0 Å². The average molecular weight is 524 g/mol. The Kier molecular flexibility index (Phi) is 6.92. The van der Waals surface area contributed by atoms with Gasteiger partial charge in [-0.2, -0.15) is 0 Å². The van der Waals surface area contributed by atoms with Crippen LogP contribution in [0, 0.1) is 10.1 Å². The van der Waals surface area contributed by atoms with Crippen molar-refractivity contribution in [2.75, 3.05) is 0 Å². The van der Waals surface area contributed by atoms with E-state index in [-0.39, 0.29) is 28.0 Å². The van der Waals surface area contributed by atoms with Crippen LogP contribution in [0.15, 0.2) is 113 Å². The van der Waals surface area contributed by atoms with E-state index in [1.807, 2.05) is 24.3 Å². The molecule has 0 aliphatic heterocycles. The molecule has 0 radical (unpaired) electrons. The van der Waals surface area contributed by atoms with Gasteiger partial charge in [0.1, 0.15) is 12.3 Å². The number of fused-ring (bicyclic) bond motifs is 1. The Balaban J connectivity index is 1.40. The van der Waals surface area contributed by atoms with E-state index >= 15 is 0 Å². The summed E-state index contributed by atoms with van der Waals surface area (Å²) in [6.07, 6.45) is 3.41. The molecule has 0 fully saturated rings. The molecule has 188 valence electrons. The standard InChI is InChI=1S/C29H21N3O5S/c33-32(34)23-8-6-7-21(19-23)15-18-28-29(31-27-12-5-4-11-26(27)30-28)37-20-22-13-16-25(17-14-22)38(35,36)24-9-2-1-3-10-24/h1-19H,20H2. The molecule has 0 aliphatic rings. The van der Waals surface area contributed by atoms with Crippen molar-refractivity contribution in [1.82, 2.24) is 9.97 Å². The van der Waals surface area contributed by atoms with Gasteiger partial charge in [-0.15, -0.1) is 0 Å². The number of rotatable bonds is 8. The minimum Gasteiger partial charge on any atom is -0.471 e. The maximum Gasteiger partial charge on any atom is 0.270 e. The molecule has 5 aromatic rings. The van der Waals surface area contributed by atoms with Gasteiger partial charge < -0.3 is 4.74 Å². The summed E-state index contributed by atoms with van der Waals surface area (Å²) in [7, 11) is -3.61. The van der Waals surface area contributed by atoms with Gasteiger partial charge >= 0.3 is 0 Å². The van der Waals surface area contributed by atoms with Gasteiger partial charge in [0.25, 0.3) is 5.69 Å². The van der Waals surface area contributed by atoms with Gasteiger partial charge in [-0.1, -0.05) is 60.7 Å². The molecular formula is C29H21N3O5S. The van der Waals surface area contributed by atoms with E-state index < -0.39 is 14.8 Å². The summed E-state index contributed by atoms with van der Waals surface area (Å²) in [4.78, 5) is 20.3. The van der Waals surface area contributed by atoms with Crippen LogP contribution in [0.2, 0.25) is 0 Å². The van der Waals surface area contributed by atoms with Crippen LogP contribution in [0.5, 0.6) is 5.88 Å². The summed E-state index contributed by atoms with van der Waals surface area (Å²) in [5, 5.41) is 11.1. The number of nitro groups is 1. The quantitative estimate of drug-likeness (QED) is 0.178. The van der Waals surface area contributed by atoms with Crippen molar-refractivity contribution < 1.29 is 18.1 Å². The highest BCUT2D eigenvalue weighted by molar-refractivity contribution is 7.91. The number of non-ortho nitro benzene ring substituents is 1. The lowest BCUT2D eigenvalue weighted by molar-refractivity contribution is -0.384. The van der Waals surface area contributed by atoms with Crippen molar-refractivity contribution in [2.24, 2.45) is 0 Å². The van der Waals surface area contributed by atoms with Crippen LogP contribution >= 0.6 is 0 Å². The van der Waals surface area contributed by atoms with Gasteiger partial charge in [0.15, 0.2) is 0 Å². The molecule has 0 N–H and O–H groups in total. The molecule has 0 saturated heterocycles. The summed E-state index contributed by atoms with van der Waals surface area (Å²) < 4.78 is 31.7. The summed E-state index contributed by atoms with van der Waals surface area (Å²) in [6.45, 7) is 0.135. The fourth-order valence-corrected chi connectivity index (χ4v) is 5.06. The topological polar surface area (TPSA) is 112 Å². The summed E-state index contributed by atoms with van der Waals surface area (Å²) >= 11 is 0. The molecule has 9 heteroatoms. The lowest BCUT2D eigenvalue weighted by Gasteiger charge is -2.10. The number of aromatic nitrogens is 2. The predicted octanol–water partition coefficient (Wildman–Crippen LogP) is 6.12.